The highest BCUT2D eigenvalue weighted by Gasteiger charge is 2.22. The summed E-state index contributed by atoms with van der Waals surface area (Å²) < 4.78 is 4.91. The summed E-state index contributed by atoms with van der Waals surface area (Å²) in [5.41, 5.74) is 4.68. The Hall–Kier alpha value is -3.27. The molecule has 0 unspecified atom stereocenters. The minimum absolute atomic E-state index is 0.000305. The zero-order valence-corrected chi connectivity index (χ0v) is 13.7. The third kappa shape index (κ3) is 4.85. The zero-order chi connectivity index (χ0) is 18.4. The van der Waals surface area contributed by atoms with Gasteiger partial charge in [-0.1, -0.05) is 29.5 Å². The van der Waals surface area contributed by atoms with Crippen LogP contribution in [0.15, 0.2) is 42.5 Å². The van der Waals surface area contributed by atoms with E-state index in [0.29, 0.717) is 16.9 Å². The lowest BCUT2D eigenvalue weighted by molar-refractivity contribution is -0.380. The largest absolute Gasteiger partial charge is 0.448 e. The van der Waals surface area contributed by atoms with Gasteiger partial charge in [0.05, 0.1) is 4.92 Å². The lowest BCUT2D eigenvalue weighted by atomic mass is 10.2. The van der Waals surface area contributed by atoms with Gasteiger partial charge in [0.1, 0.15) is 4.88 Å². The number of hydrazine groups is 1. The van der Waals surface area contributed by atoms with Crippen LogP contribution in [-0.2, 0) is 9.53 Å². The van der Waals surface area contributed by atoms with Crippen molar-refractivity contribution in [3.63, 3.8) is 0 Å². The van der Waals surface area contributed by atoms with Crippen molar-refractivity contribution in [1.29, 1.82) is 0 Å². The van der Waals surface area contributed by atoms with Crippen LogP contribution in [0.25, 0.3) is 0 Å². The second-order valence-corrected chi connectivity index (χ2v) is 5.81. The molecule has 2 rings (SSSR count). The van der Waals surface area contributed by atoms with Crippen molar-refractivity contribution in [3.8, 4) is 0 Å². The third-order valence-corrected chi connectivity index (χ3v) is 3.98. The first-order valence-corrected chi connectivity index (χ1v) is 7.80. The Bertz CT molecular complexity index is 805. The number of carbonyl (C=O) groups excluding carboxylic acids is 3. The first-order chi connectivity index (χ1) is 11.9. The maximum Gasteiger partial charge on any atom is 0.349 e. The summed E-state index contributed by atoms with van der Waals surface area (Å²) in [6.45, 7) is 1.31. The summed E-state index contributed by atoms with van der Waals surface area (Å²) in [5, 5.41) is 10.4. The quantitative estimate of drug-likeness (QED) is 0.472. The fraction of sp³-hybridized carbons (Fsp3) is 0.133. The van der Waals surface area contributed by atoms with Gasteiger partial charge in [-0.3, -0.25) is 30.6 Å². The molecule has 1 atom stereocenters. The standard InChI is InChI=1S/C15H13N3O6S/c1-9(24-15(21)11-7-8-12(25-11)18(22)23)13(19)16-17-14(20)10-5-3-2-4-6-10/h2-9H,1H3,(H,16,19)(H,17,20)/t9-/m0/s1. The normalized spacial score (nSPS) is 11.2. The molecule has 0 aliphatic heterocycles. The first kappa shape index (κ1) is 18.1. The van der Waals surface area contributed by atoms with E-state index in [1.54, 1.807) is 30.3 Å². The Labute approximate surface area is 145 Å². The van der Waals surface area contributed by atoms with E-state index < -0.39 is 28.8 Å². The monoisotopic (exact) mass is 363 g/mol. The van der Waals surface area contributed by atoms with Crippen LogP contribution in [0.5, 0.6) is 0 Å². The van der Waals surface area contributed by atoms with Crippen molar-refractivity contribution in [1.82, 2.24) is 10.9 Å². The minimum atomic E-state index is -1.20. The predicted molar refractivity (Wildman–Crippen MR) is 87.9 cm³/mol. The van der Waals surface area contributed by atoms with Gasteiger partial charge >= 0.3 is 11.0 Å². The number of ether oxygens (including phenoxy) is 1. The van der Waals surface area contributed by atoms with Gasteiger partial charge in [-0.25, -0.2) is 4.79 Å². The molecule has 130 valence electrons. The highest BCUT2D eigenvalue weighted by molar-refractivity contribution is 7.17. The van der Waals surface area contributed by atoms with E-state index in [0.717, 1.165) is 0 Å². The first-order valence-electron chi connectivity index (χ1n) is 6.99. The van der Waals surface area contributed by atoms with Gasteiger partial charge in [0.2, 0.25) is 0 Å². The number of esters is 1. The van der Waals surface area contributed by atoms with Crippen molar-refractivity contribution in [2.75, 3.05) is 0 Å². The number of benzene rings is 1. The Balaban J connectivity index is 1.86. The second-order valence-electron chi connectivity index (χ2n) is 4.75. The van der Waals surface area contributed by atoms with E-state index in [4.69, 9.17) is 4.74 Å². The van der Waals surface area contributed by atoms with E-state index >= 15 is 0 Å². The Morgan fingerprint density at radius 1 is 1.12 bits per heavy atom. The van der Waals surface area contributed by atoms with Gasteiger partial charge in [-0.05, 0) is 25.1 Å². The number of hydrogen-bond donors (Lipinski definition) is 2. The van der Waals surface area contributed by atoms with Crippen molar-refractivity contribution < 1.29 is 24.0 Å². The molecule has 0 spiro atoms. The zero-order valence-electron chi connectivity index (χ0n) is 12.9. The van der Waals surface area contributed by atoms with Gasteiger partial charge < -0.3 is 4.74 Å². The van der Waals surface area contributed by atoms with Gasteiger partial charge in [-0.15, -0.1) is 0 Å². The van der Waals surface area contributed by atoms with Crippen molar-refractivity contribution in [3.05, 3.63) is 63.0 Å². The average Bonchev–Trinajstić information content (AvgIpc) is 3.10. The molecule has 0 fully saturated rings. The van der Waals surface area contributed by atoms with E-state index in [2.05, 4.69) is 10.9 Å². The number of thiophene rings is 1. The Morgan fingerprint density at radius 2 is 1.80 bits per heavy atom. The van der Waals surface area contributed by atoms with Crippen LogP contribution in [0.1, 0.15) is 27.0 Å². The van der Waals surface area contributed by atoms with Crippen LogP contribution in [-0.4, -0.2) is 28.8 Å². The predicted octanol–water partition coefficient (Wildman–Crippen LogP) is 1.66. The third-order valence-electron chi connectivity index (χ3n) is 2.96. The molecular formula is C15H13N3O6S. The molecule has 25 heavy (non-hydrogen) atoms. The van der Waals surface area contributed by atoms with E-state index in [-0.39, 0.29) is 9.88 Å². The Kier molecular flexibility index (Phi) is 5.79. The van der Waals surface area contributed by atoms with Crippen molar-refractivity contribution in [2.45, 2.75) is 13.0 Å². The molecule has 9 nitrogen and oxygen atoms in total. The van der Waals surface area contributed by atoms with Crippen LogP contribution in [0.3, 0.4) is 0 Å². The summed E-state index contributed by atoms with van der Waals surface area (Å²) in [7, 11) is 0. The highest BCUT2D eigenvalue weighted by atomic mass is 32.1. The van der Waals surface area contributed by atoms with Crippen LogP contribution in [0.4, 0.5) is 5.00 Å². The molecule has 10 heteroatoms. The van der Waals surface area contributed by atoms with E-state index in [9.17, 15) is 24.5 Å². The van der Waals surface area contributed by atoms with Gasteiger partial charge in [0, 0.05) is 11.6 Å². The molecule has 1 aromatic heterocycles. The number of amides is 2. The van der Waals surface area contributed by atoms with E-state index in [1.165, 1.54) is 19.1 Å². The number of carbonyl (C=O) groups is 3. The lowest BCUT2D eigenvalue weighted by Crippen LogP contribution is -2.46. The minimum Gasteiger partial charge on any atom is -0.448 e. The number of nitrogens with zero attached hydrogens (tertiary/aromatic N) is 1. The molecule has 2 amide bonds. The Morgan fingerprint density at radius 3 is 2.40 bits per heavy atom. The molecule has 2 N–H and O–H groups in total. The summed E-state index contributed by atoms with van der Waals surface area (Å²) in [6, 6.07) is 10.6. The molecular weight excluding hydrogens is 350 g/mol. The highest BCUT2D eigenvalue weighted by Crippen LogP contribution is 2.24. The fourth-order valence-corrected chi connectivity index (χ4v) is 2.39. The van der Waals surface area contributed by atoms with Crippen molar-refractivity contribution >= 4 is 34.1 Å². The number of hydrogen-bond acceptors (Lipinski definition) is 7. The molecule has 0 bridgehead atoms. The summed E-state index contributed by atoms with van der Waals surface area (Å²) in [4.78, 5) is 45.5. The summed E-state index contributed by atoms with van der Waals surface area (Å²) in [6.07, 6.45) is -1.20. The molecule has 0 saturated heterocycles. The fourth-order valence-electron chi connectivity index (χ4n) is 1.69. The van der Waals surface area contributed by atoms with E-state index in [1.807, 2.05) is 0 Å². The molecule has 0 saturated carbocycles. The molecule has 0 aliphatic rings. The van der Waals surface area contributed by atoms with Crippen LogP contribution in [0, 0.1) is 10.1 Å². The maximum absolute atomic E-state index is 11.9. The topological polar surface area (TPSA) is 128 Å². The maximum atomic E-state index is 11.9. The molecule has 1 aromatic carbocycles. The lowest BCUT2D eigenvalue weighted by Gasteiger charge is -2.13. The average molecular weight is 363 g/mol. The van der Waals surface area contributed by atoms with Gasteiger partial charge in [-0.2, -0.15) is 0 Å². The molecule has 2 aromatic rings. The number of nitrogens with one attached hydrogen (secondary N) is 2. The molecule has 1 heterocycles. The van der Waals surface area contributed by atoms with Crippen LogP contribution in [0.2, 0.25) is 0 Å². The second kappa shape index (κ2) is 8.02. The summed E-state index contributed by atoms with van der Waals surface area (Å²) >= 11 is 0.643. The number of nitro groups is 1. The smallest absolute Gasteiger partial charge is 0.349 e. The van der Waals surface area contributed by atoms with Crippen molar-refractivity contribution in [2.24, 2.45) is 0 Å². The molecule has 0 aliphatic carbocycles. The van der Waals surface area contributed by atoms with Gasteiger partial charge in [0.25, 0.3) is 11.8 Å². The van der Waals surface area contributed by atoms with Gasteiger partial charge in [0.15, 0.2) is 6.10 Å². The SMILES string of the molecule is C[C@H](OC(=O)c1ccc([N+](=O)[O-])s1)C(=O)NNC(=O)c1ccccc1. The van der Waals surface area contributed by atoms with Crippen LogP contribution < -0.4 is 10.9 Å². The number of rotatable bonds is 5. The molecule has 0 radical (unpaired) electrons. The van der Waals surface area contributed by atoms with Crippen LogP contribution >= 0.6 is 11.3 Å². The summed E-state index contributed by atoms with van der Waals surface area (Å²) in [5.74, 6) is -2.14.